The number of hydrogen-bond donors (Lipinski definition) is 0. The van der Waals surface area contributed by atoms with Gasteiger partial charge in [0.2, 0.25) is 0 Å². The zero-order valence-corrected chi connectivity index (χ0v) is 15.3. The Balaban J connectivity index is 1.50. The fraction of sp³-hybridized carbons (Fsp3) is 0.267. The Kier molecular flexibility index (Phi) is 4.04. The lowest BCUT2D eigenvalue weighted by Crippen LogP contribution is -2.49. The van der Waals surface area contributed by atoms with Gasteiger partial charge in [0, 0.05) is 30.7 Å². The van der Waals surface area contributed by atoms with E-state index in [1.54, 1.807) is 17.7 Å². The van der Waals surface area contributed by atoms with Crippen LogP contribution in [0.25, 0.3) is 10.2 Å². The molecule has 0 saturated carbocycles. The van der Waals surface area contributed by atoms with Crippen molar-refractivity contribution in [3.05, 3.63) is 38.6 Å². The normalized spacial score (nSPS) is 15.3. The average Bonchev–Trinajstić information content (AvgIpc) is 3.22. The van der Waals surface area contributed by atoms with E-state index in [4.69, 9.17) is 0 Å². The summed E-state index contributed by atoms with van der Waals surface area (Å²) < 4.78 is 0.880. The molecule has 1 amide bonds. The zero-order valence-electron chi connectivity index (χ0n) is 12.1. The lowest BCUT2D eigenvalue weighted by atomic mass is 10.2. The van der Waals surface area contributed by atoms with Gasteiger partial charge < -0.3 is 9.80 Å². The van der Waals surface area contributed by atoms with E-state index in [1.165, 1.54) is 11.3 Å². The second-order valence-corrected chi connectivity index (χ2v) is 7.88. The number of thiophene rings is 2. The van der Waals surface area contributed by atoms with Gasteiger partial charge in [0.05, 0.1) is 5.39 Å². The van der Waals surface area contributed by atoms with Gasteiger partial charge in [-0.05, 0) is 38.8 Å². The van der Waals surface area contributed by atoms with E-state index in [1.807, 2.05) is 21.7 Å². The fourth-order valence-corrected chi connectivity index (χ4v) is 4.98. The molecule has 1 saturated heterocycles. The molecule has 4 heterocycles. The van der Waals surface area contributed by atoms with Crippen molar-refractivity contribution in [2.45, 2.75) is 0 Å². The molecule has 0 bridgehead atoms. The van der Waals surface area contributed by atoms with Crippen LogP contribution in [0.4, 0.5) is 5.82 Å². The van der Waals surface area contributed by atoms with Gasteiger partial charge >= 0.3 is 0 Å². The largest absolute Gasteiger partial charge is 0.352 e. The summed E-state index contributed by atoms with van der Waals surface area (Å²) in [4.78, 5) is 27.2. The monoisotopic (exact) mass is 408 g/mol. The first-order valence-electron chi connectivity index (χ1n) is 7.19. The standard InChI is InChI=1S/C15H13BrN4OS2/c16-11-2-8-22-12(11)15(21)20-5-3-19(4-6-20)13-10-1-7-23-14(10)18-9-17-13/h1-2,7-9H,3-6H2. The van der Waals surface area contributed by atoms with Gasteiger partial charge in [-0.15, -0.1) is 22.7 Å². The number of hydrogen-bond acceptors (Lipinski definition) is 6. The quantitative estimate of drug-likeness (QED) is 0.651. The number of rotatable bonds is 2. The van der Waals surface area contributed by atoms with Crippen LogP contribution in [0.15, 0.2) is 33.7 Å². The highest BCUT2D eigenvalue weighted by atomic mass is 79.9. The summed E-state index contributed by atoms with van der Waals surface area (Å²) in [5, 5.41) is 5.07. The second kappa shape index (κ2) is 6.18. The van der Waals surface area contributed by atoms with Crippen LogP contribution >= 0.6 is 38.6 Å². The van der Waals surface area contributed by atoms with Crippen LogP contribution in [0, 0.1) is 0 Å². The minimum atomic E-state index is 0.106. The first-order valence-corrected chi connectivity index (χ1v) is 9.74. The second-order valence-electron chi connectivity index (χ2n) is 5.21. The summed E-state index contributed by atoms with van der Waals surface area (Å²) in [6, 6.07) is 3.98. The third-order valence-corrected chi connectivity index (χ3v) is 6.56. The first-order chi connectivity index (χ1) is 11.2. The van der Waals surface area contributed by atoms with Crippen molar-refractivity contribution >= 4 is 60.5 Å². The topological polar surface area (TPSA) is 49.3 Å². The van der Waals surface area contributed by atoms with Crippen molar-refractivity contribution in [3.63, 3.8) is 0 Å². The van der Waals surface area contributed by atoms with Crippen molar-refractivity contribution in [3.8, 4) is 0 Å². The summed E-state index contributed by atoms with van der Waals surface area (Å²) in [6.45, 7) is 2.99. The van der Waals surface area contributed by atoms with Gasteiger partial charge in [-0.1, -0.05) is 0 Å². The van der Waals surface area contributed by atoms with Crippen molar-refractivity contribution in [2.75, 3.05) is 31.1 Å². The van der Waals surface area contributed by atoms with Crippen LogP contribution in [-0.4, -0.2) is 47.0 Å². The molecule has 1 fully saturated rings. The lowest BCUT2D eigenvalue weighted by Gasteiger charge is -2.35. The van der Waals surface area contributed by atoms with Crippen molar-refractivity contribution in [1.82, 2.24) is 14.9 Å². The van der Waals surface area contributed by atoms with E-state index in [9.17, 15) is 4.79 Å². The number of anilines is 1. The summed E-state index contributed by atoms with van der Waals surface area (Å²) in [5.41, 5.74) is 0. The number of carbonyl (C=O) groups is 1. The van der Waals surface area contributed by atoms with E-state index in [0.29, 0.717) is 13.1 Å². The molecule has 3 aromatic heterocycles. The maximum atomic E-state index is 12.6. The van der Waals surface area contributed by atoms with Crippen molar-refractivity contribution in [2.24, 2.45) is 0 Å². The lowest BCUT2D eigenvalue weighted by molar-refractivity contribution is 0.0750. The van der Waals surface area contributed by atoms with Gasteiger partial charge in [0.1, 0.15) is 21.9 Å². The third kappa shape index (κ3) is 2.75. The van der Waals surface area contributed by atoms with Crippen LogP contribution in [-0.2, 0) is 0 Å². The number of fused-ring (bicyclic) bond motifs is 1. The molecule has 118 valence electrons. The minimum absolute atomic E-state index is 0.106. The summed E-state index contributed by atoms with van der Waals surface area (Å²) in [6.07, 6.45) is 1.62. The van der Waals surface area contributed by atoms with Crippen LogP contribution in [0.5, 0.6) is 0 Å². The van der Waals surface area contributed by atoms with E-state index < -0.39 is 0 Å². The Bertz CT molecular complexity index is 854. The molecule has 1 aliphatic heterocycles. The van der Waals surface area contributed by atoms with Gasteiger partial charge in [-0.25, -0.2) is 9.97 Å². The highest BCUT2D eigenvalue weighted by Gasteiger charge is 2.25. The highest BCUT2D eigenvalue weighted by molar-refractivity contribution is 9.10. The molecule has 0 unspecified atom stereocenters. The molecule has 3 aromatic rings. The Morgan fingerprint density at radius 1 is 1.09 bits per heavy atom. The van der Waals surface area contributed by atoms with E-state index in [-0.39, 0.29) is 5.91 Å². The van der Waals surface area contributed by atoms with Crippen molar-refractivity contribution in [1.29, 1.82) is 0 Å². The SMILES string of the molecule is O=C(c1sccc1Br)N1CCN(c2ncnc3sccc23)CC1. The first kappa shape index (κ1) is 15.0. The third-order valence-electron chi connectivity index (χ3n) is 3.92. The number of halogens is 1. The van der Waals surface area contributed by atoms with E-state index >= 15 is 0 Å². The summed E-state index contributed by atoms with van der Waals surface area (Å²) >= 11 is 6.55. The number of amides is 1. The predicted octanol–water partition coefficient (Wildman–Crippen LogP) is 3.48. The highest BCUT2D eigenvalue weighted by Crippen LogP contribution is 2.28. The molecule has 8 heteroatoms. The molecule has 0 N–H and O–H groups in total. The van der Waals surface area contributed by atoms with Gasteiger partial charge in [-0.3, -0.25) is 4.79 Å². The minimum Gasteiger partial charge on any atom is -0.352 e. The number of nitrogens with zero attached hydrogens (tertiary/aromatic N) is 4. The average molecular weight is 409 g/mol. The molecule has 0 atom stereocenters. The fourth-order valence-electron chi connectivity index (χ4n) is 2.74. The Morgan fingerprint density at radius 2 is 1.87 bits per heavy atom. The van der Waals surface area contributed by atoms with Crippen LogP contribution in [0.2, 0.25) is 0 Å². The van der Waals surface area contributed by atoms with Crippen LogP contribution in [0.3, 0.4) is 0 Å². The molecule has 0 aromatic carbocycles. The Morgan fingerprint density at radius 3 is 2.61 bits per heavy atom. The molecule has 23 heavy (non-hydrogen) atoms. The summed E-state index contributed by atoms with van der Waals surface area (Å²) in [5.74, 6) is 1.08. The summed E-state index contributed by atoms with van der Waals surface area (Å²) in [7, 11) is 0. The molecular formula is C15H13BrN4OS2. The molecular weight excluding hydrogens is 396 g/mol. The number of aromatic nitrogens is 2. The molecule has 0 spiro atoms. The maximum absolute atomic E-state index is 12.6. The molecule has 4 rings (SSSR count). The van der Waals surface area contributed by atoms with Crippen molar-refractivity contribution < 1.29 is 4.79 Å². The molecule has 0 aliphatic carbocycles. The number of piperazine rings is 1. The smallest absolute Gasteiger partial charge is 0.265 e. The molecule has 0 radical (unpaired) electrons. The van der Waals surface area contributed by atoms with E-state index in [0.717, 1.165) is 38.5 Å². The van der Waals surface area contributed by atoms with Crippen LogP contribution in [0.1, 0.15) is 9.67 Å². The Hall–Kier alpha value is -1.51. The maximum Gasteiger partial charge on any atom is 0.265 e. The van der Waals surface area contributed by atoms with Gasteiger partial charge in [0.25, 0.3) is 5.91 Å². The zero-order chi connectivity index (χ0) is 15.8. The molecule has 1 aliphatic rings. The molecule has 5 nitrogen and oxygen atoms in total. The van der Waals surface area contributed by atoms with Gasteiger partial charge in [0.15, 0.2) is 0 Å². The van der Waals surface area contributed by atoms with Crippen LogP contribution < -0.4 is 4.90 Å². The Labute approximate surface area is 149 Å². The van der Waals surface area contributed by atoms with E-state index in [2.05, 4.69) is 36.9 Å². The predicted molar refractivity (Wildman–Crippen MR) is 97.6 cm³/mol. The number of carbonyl (C=O) groups excluding carboxylic acids is 1. The van der Waals surface area contributed by atoms with Gasteiger partial charge in [-0.2, -0.15) is 0 Å².